The van der Waals surface area contributed by atoms with Gasteiger partial charge in [0.15, 0.2) is 5.82 Å². The van der Waals surface area contributed by atoms with Crippen LogP contribution in [0.5, 0.6) is 0 Å². The zero-order valence-electron chi connectivity index (χ0n) is 13.0. The number of hydrogen-bond acceptors (Lipinski definition) is 4. The Labute approximate surface area is 136 Å². The summed E-state index contributed by atoms with van der Waals surface area (Å²) >= 11 is 0. The Bertz CT molecular complexity index is 826. The second-order valence-corrected chi connectivity index (χ2v) is 5.40. The molecule has 3 amide bonds. The fourth-order valence-electron chi connectivity index (χ4n) is 2.51. The van der Waals surface area contributed by atoms with Crippen molar-refractivity contribution in [2.75, 3.05) is 5.32 Å². The lowest BCUT2D eigenvalue weighted by Crippen LogP contribution is -2.46. The number of hydrogen-bond donors (Lipinski definition) is 3. The van der Waals surface area contributed by atoms with Crippen molar-refractivity contribution in [1.82, 2.24) is 15.8 Å². The van der Waals surface area contributed by atoms with Crippen molar-refractivity contribution in [3.63, 3.8) is 0 Å². The largest absolute Gasteiger partial charge is 0.360 e. The summed E-state index contributed by atoms with van der Waals surface area (Å²) in [4.78, 5) is 24.4. The number of halogens is 1. The maximum absolute atomic E-state index is 13.1. The van der Waals surface area contributed by atoms with Crippen LogP contribution in [-0.2, 0) is 4.79 Å². The molecule has 0 radical (unpaired) electrons. The van der Waals surface area contributed by atoms with Crippen molar-refractivity contribution in [2.24, 2.45) is 0 Å². The topological polar surface area (TPSA) is 96.3 Å². The van der Waals surface area contributed by atoms with Gasteiger partial charge in [-0.3, -0.25) is 4.79 Å². The molecular weight excluding hydrogens is 315 g/mol. The highest BCUT2D eigenvalue weighted by Gasteiger charge is 2.31. The summed E-state index contributed by atoms with van der Waals surface area (Å²) in [5.74, 6) is -0.0138. The molecule has 2 heterocycles. The van der Waals surface area contributed by atoms with Gasteiger partial charge in [-0.05, 0) is 31.5 Å². The van der Waals surface area contributed by atoms with Gasteiger partial charge in [-0.1, -0.05) is 17.3 Å². The molecule has 0 bridgehead atoms. The molecule has 1 aromatic heterocycles. The third-order valence-electron chi connectivity index (χ3n) is 3.59. The Morgan fingerprint density at radius 1 is 1.29 bits per heavy atom. The molecule has 2 aromatic rings. The van der Waals surface area contributed by atoms with Crippen LogP contribution >= 0.6 is 0 Å². The van der Waals surface area contributed by atoms with Crippen LogP contribution < -0.4 is 16.0 Å². The van der Waals surface area contributed by atoms with Crippen LogP contribution in [0.25, 0.3) is 0 Å². The monoisotopic (exact) mass is 330 g/mol. The SMILES string of the molecule is CC1=C(C(=O)Nc2cc(C)on2)[C@H](c2ccc(F)cc2)NC(=O)N1. The first-order chi connectivity index (χ1) is 11.4. The number of anilines is 1. The van der Waals surface area contributed by atoms with E-state index in [2.05, 4.69) is 21.1 Å². The zero-order chi connectivity index (χ0) is 17.3. The number of aromatic nitrogens is 1. The third kappa shape index (κ3) is 3.12. The van der Waals surface area contributed by atoms with E-state index < -0.39 is 23.8 Å². The smallest absolute Gasteiger partial charge is 0.319 e. The molecule has 0 aliphatic carbocycles. The summed E-state index contributed by atoms with van der Waals surface area (Å²) in [5.41, 5.74) is 1.31. The zero-order valence-corrected chi connectivity index (χ0v) is 13.0. The predicted molar refractivity (Wildman–Crippen MR) is 83.4 cm³/mol. The number of nitrogens with one attached hydrogen (secondary N) is 3. The number of carbonyl (C=O) groups is 2. The second-order valence-electron chi connectivity index (χ2n) is 5.40. The molecule has 3 rings (SSSR count). The van der Waals surface area contributed by atoms with Crippen LogP contribution in [0, 0.1) is 12.7 Å². The van der Waals surface area contributed by atoms with Crippen molar-refractivity contribution in [3.8, 4) is 0 Å². The van der Waals surface area contributed by atoms with E-state index in [1.807, 2.05) is 0 Å². The van der Waals surface area contributed by atoms with Crippen LogP contribution in [0.2, 0.25) is 0 Å². The highest BCUT2D eigenvalue weighted by atomic mass is 19.1. The Hall–Kier alpha value is -3.16. The van der Waals surface area contributed by atoms with Crippen molar-refractivity contribution < 1.29 is 18.5 Å². The van der Waals surface area contributed by atoms with Gasteiger partial charge in [0.05, 0.1) is 11.6 Å². The van der Waals surface area contributed by atoms with Gasteiger partial charge in [0, 0.05) is 11.8 Å². The molecule has 1 aliphatic heterocycles. The lowest BCUT2D eigenvalue weighted by atomic mass is 9.95. The lowest BCUT2D eigenvalue weighted by Gasteiger charge is -2.28. The van der Waals surface area contributed by atoms with Crippen molar-refractivity contribution in [2.45, 2.75) is 19.9 Å². The van der Waals surface area contributed by atoms with Gasteiger partial charge in [-0.2, -0.15) is 0 Å². The van der Waals surface area contributed by atoms with Crippen molar-refractivity contribution in [1.29, 1.82) is 0 Å². The van der Waals surface area contributed by atoms with Crippen molar-refractivity contribution >= 4 is 17.8 Å². The number of amides is 3. The summed E-state index contributed by atoms with van der Waals surface area (Å²) in [6.07, 6.45) is 0. The van der Waals surface area contributed by atoms with Gasteiger partial charge in [0.25, 0.3) is 5.91 Å². The summed E-state index contributed by atoms with van der Waals surface area (Å²) in [6, 6.07) is 6.03. The second kappa shape index (κ2) is 6.15. The molecule has 1 aromatic carbocycles. The number of allylic oxidation sites excluding steroid dienone is 1. The number of carbonyl (C=O) groups excluding carboxylic acids is 2. The maximum atomic E-state index is 13.1. The average Bonchev–Trinajstić information content (AvgIpc) is 2.92. The van der Waals surface area contributed by atoms with E-state index in [1.165, 1.54) is 24.3 Å². The molecule has 7 nitrogen and oxygen atoms in total. The Morgan fingerprint density at radius 2 is 2.00 bits per heavy atom. The predicted octanol–water partition coefficient (Wildman–Crippen LogP) is 2.39. The Kier molecular flexibility index (Phi) is 4.03. The molecule has 24 heavy (non-hydrogen) atoms. The third-order valence-corrected chi connectivity index (χ3v) is 3.59. The number of benzene rings is 1. The Balaban J connectivity index is 1.94. The minimum Gasteiger partial charge on any atom is -0.360 e. The van der Waals surface area contributed by atoms with E-state index in [4.69, 9.17) is 4.52 Å². The standard InChI is InChI=1S/C16H15FN4O3/c1-8-7-12(21-24-8)19-15(22)13-9(2)18-16(23)20-14(13)10-3-5-11(17)6-4-10/h3-7,14H,1-2H3,(H2,18,20,23)(H,19,21,22)/t14-/m0/s1. The highest BCUT2D eigenvalue weighted by Crippen LogP contribution is 2.27. The van der Waals surface area contributed by atoms with E-state index in [0.717, 1.165) is 0 Å². The van der Waals surface area contributed by atoms with Crippen LogP contribution in [-0.4, -0.2) is 17.1 Å². The van der Waals surface area contributed by atoms with Gasteiger partial charge in [0.1, 0.15) is 11.6 Å². The van der Waals surface area contributed by atoms with E-state index >= 15 is 0 Å². The Morgan fingerprint density at radius 3 is 2.62 bits per heavy atom. The molecular formula is C16H15FN4O3. The van der Waals surface area contributed by atoms with E-state index in [-0.39, 0.29) is 5.82 Å². The molecule has 124 valence electrons. The molecule has 1 atom stereocenters. The molecule has 8 heteroatoms. The molecule has 0 saturated heterocycles. The minimum atomic E-state index is -0.702. The molecule has 0 spiro atoms. The number of rotatable bonds is 3. The fourth-order valence-corrected chi connectivity index (χ4v) is 2.51. The minimum absolute atomic E-state index is 0.271. The highest BCUT2D eigenvalue weighted by molar-refractivity contribution is 6.06. The summed E-state index contributed by atoms with van der Waals surface area (Å²) < 4.78 is 18.1. The quantitative estimate of drug-likeness (QED) is 0.805. The average molecular weight is 330 g/mol. The van der Waals surface area contributed by atoms with Crippen molar-refractivity contribution in [3.05, 3.63) is 58.7 Å². The molecule has 0 unspecified atom stereocenters. The lowest BCUT2D eigenvalue weighted by molar-refractivity contribution is -0.113. The van der Waals surface area contributed by atoms with Gasteiger partial charge in [-0.25, -0.2) is 9.18 Å². The first-order valence-electron chi connectivity index (χ1n) is 7.22. The van der Waals surface area contributed by atoms with Crippen LogP contribution in [0.1, 0.15) is 24.3 Å². The van der Waals surface area contributed by atoms with Crippen LogP contribution in [0.15, 0.2) is 46.1 Å². The first kappa shape index (κ1) is 15.7. The fraction of sp³-hybridized carbons (Fsp3) is 0.188. The normalized spacial score (nSPS) is 17.3. The number of urea groups is 1. The van der Waals surface area contributed by atoms with Gasteiger partial charge in [-0.15, -0.1) is 0 Å². The molecule has 3 N–H and O–H groups in total. The summed E-state index contributed by atoms with van der Waals surface area (Å²) in [7, 11) is 0. The van der Waals surface area contributed by atoms with E-state index in [9.17, 15) is 14.0 Å². The first-order valence-corrected chi connectivity index (χ1v) is 7.22. The van der Waals surface area contributed by atoms with Crippen LogP contribution in [0.3, 0.4) is 0 Å². The summed E-state index contributed by atoms with van der Waals surface area (Å²) in [5, 5.41) is 11.6. The molecule has 0 saturated carbocycles. The van der Waals surface area contributed by atoms with Crippen LogP contribution in [0.4, 0.5) is 15.0 Å². The molecule has 1 aliphatic rings. The van der Waals surface area contributed by atoms with Gasteiger partial charge >= 0.3 is 6.03 Å². The maximum Gasteiger partial charge on any atom is 0.319 e. The summed E-state index contributed by atoms with van der Waals surface area (Å²) in [6.45, 7) is 3.33. The number of aryl methyl sites for hydroxylation is 1. The molecule has 0 fully saturated rings. The van der Waals surface area contributed by atoms with Gasteiger partial charge in [0.2, 0.25) is 0 Å². The van der Waals surface area contributed by atoms with Gasteiger partial charge < -0.3 is 20.5 Å². The number of nitrogens with zero attached hydrogens (tertiary/aromatic N) is 1. The van der Waals surface area contributed by atoms with E-state index in [1.54, 1.807) is 19.9 Å². The van der Waals surface area contributed by atoms with E-state index in [0.29, 0.717) is 22.6 Å².